The smallest absolute Gasteiger partial charge is 0.389 e. The van der Waals surface area contributed by atoms with E-state index in [1.165, 1.54) is 0 Å². The van der Waals surface area contributed by atoms with Crippen LogP contribution in [-0.2, 0) is 9.31 Å². The lowest BCUT2D eigenvalue weighted by Gasteiger charge is -2.32. The van der Waals surface area contributed by atoms with Crippen LogP contribution in [0.25, 0.3) is 0 Å². The summed E-state index contributed by atoms with van der Waals surface area (Å²) in [5.41, 5.74) is -0.603. The Morgan fingerprint density at radius 1 is 1.09 bits per heavy atom. The van der Waals surface area contributed by atoms with Gasteiger partial charge in [0.05, 0.1) is 11.2 Å². The lowest BCUT2D eigenvalue weighted by molar-refractivity contribution is 0.00578. The molecule has 1 heterocycles. The van der Waals surface area contributed by atoms with Gasteiger partial charge in [0.25, 0.3) is 0 Å². The SMILES string of the molecule is CC1(C)OB(NN)OC1(C)C. The van der Waals surface area contributed by atoms with Crippen LogP contribution in [0.15, 0.2) is 0 Å². The van der Waals surface area contributed by atoms with E-state index in [2.05, 4.69) is 5.34 Å². The van der Waals surface area contributed by atoms with Crippen LogP contribution >= 0.6 is 0 Å². The molecular weight excluding hydrogens is 143 g/mol. The Kier molecular flexibility index (Phi) is 2.00. The molecular formula is C6H15BN2O2. The first-order chi connectivity index (χ1) is 4.89. The zero-order chi connectivity index (χ0) is 8.70. The van der Waals surface area contributed by atoms with Gasteiger partial charge in [-0.1, -0.05) is 0 Å². The van der Waals surface area contributed by atoms with Crippen LogP contribution < -0.4 is 11.2 Å². The molecule has 0 aromatic rings. The molecule has 0 aliphatic carbocycles. The predicted octanol–water partition coefficient (Wildman–Crippen LogP) is 0.0386. The van der Waals surface area contributed by atoms with E-state index in [0.29, 0.717) is 0 Å². The molecule has 0 spiro atoms. The minimum atomic E-state index is -0.486. The number of hydrazine groups is 1. The predicted molar refractivity (Wildman–Crippen MR) is 43.4 cm³/mol. The van der Waals surface area contributed by atoms with Crippen LogP contribution in [0, 0.1) is 0 Å². The molecule has 0 amide bonds. The van der Waals surface area contributed by atoms with Gasteiger partial charge in [-0.2, -0.15) is 0 Å². The lowest BCUT2D eigenvalue weighted by Crippen LogP contribution is -2.42. The first kappa shape index (κ1) is 9.00. The summed E-state index contributed by atoms with van der Waals surface area (Å²) < 4.78 is 10.9. The molecule has 0 radical (unpaired) electrons. The summed E-state index contributed by atoms with van der Waals surface area (Å²) in [5.74, 6) is 5.18. The Bertz CT molecular complexity index is 145. The van der Waals surface area contributed by atoms with Crippen molar-refractivity contribution in [3.8, 4) is 0 Å². The summed E-state index contributed by atoms with van der Waals surface area (Å²) >= 11 is 0. The van der Waals surface area contributed by atoms with E-state index in [0.717, 1.165) is 0 Å². The molecule has 3 N–H and O–H groups in total. The molecule has 0 atom stereocenters. The van der Waals surface area contributed by atoms with Gasteiger partial charge in [0.1, 0.15) is 0 Å². The Morgan fingerprint density at radius 3 is 1.64 bits per heavy atom. The standard InChI is InChI=1S/C6H15BN2O2/c1-5(2)6(3,4)11-7(9-8)10-5/h9H,8H2,1-4H3. The molecule has 0 bridgehead atoms. The first-order valence-corrected chi connectivity index (χ1v) is 3.71. The molecule has 0 saturated carbocycles. The normalized spacial score (nSPS) is 27.5. The van der Waals surface area contributed by atoms with Gasteiger partial charge in [0.15, 0.2) is 0 Å². The van der Waals surface area contributed by atoms with Crippen LogP contribution in [0.2, 0.25) is 0 Å². The highest BCUT2D eigenvalue weighted by Crippen LogP contribution is 2.35. The Morgan fingerprint density at radius 2 is 1.45 bits per heavy atom. The van der Waals surface area contributed by atoms with Gasteiger partial charge < -0.3 is 9.31 Å². The van der Waals surface area contributed by atoms with E-state index in [1.54, 1.807) is 0 Å². The molecule has 1 fully saturated rings. The Hall–Kier alpha value is -0.0951. The Labute approximate surface area is 67.6 Å². The molecule has 1 aliphatic heterocycles. The minimum Gasteiger partial charge on any atom is -0.389 e. The summed E-state index contributed by atoms with van der Waals surface area (Å²) in [7, 11) is -0.486. The maximum Gasteiger partial charge on any atom is 0.569 e. The monoisotopic (exact) mass is 158 g/mol. The second kappa shape index (κ2) is 2.45. The van der Waals surface area contributed by atoms with Crippen LogP contribution in [-0.4, -0.2) is 18.5 Å². The summed E-state index contributed by atoms with van der Waals surface area (Å²) in [4.78, 5) is 0. The van der Waals surface area contributed by atoms with E-state index in [-0.39, 0.29) is 11.2 Å². The molecule has 11 heavy (non-hydrogen) atoms. The highest BCUT2D eigenvalue weighted by atomic mass is 16.7. The van der Waals surface area contributed by atoms with Crippen molar-refractivity contribution < 1.29 is 9.31 Å². The molecule has 0 aromatic heterocycles. The number of nitrogens with two attached hydrogens (primary N) is 1. The first-order valence-electron chi connectivity index (χ1n) is 3.71. The molecule has 1 aliphatic rings. The van der Waals surface area contributed by atoms with Crippen molar-refractivity contribution in [3.05, 3.63) is 0 Å². The number of hydrogen-bond donors (Lipinski definition) is 2. The van der Waals surface area contributed by atoms with E-state index in [1.807, 2.05) is 27.7 Å². The fourth-order valence-electron chi connectivity index (χ4n) is 0.911. The van der Waals surface area contributed by atoms with Gasteiger partial charge in [-0.25, -0.2) is 5.34 Å². The average Bonchev–Trinajstić information content (AvgIpc) is 2.03. The third kappa shape index (κ3) is 1.42. The van der Waals surface area contributed by atoms with E-state index in [4.69, 9.17) is 15.2 Å². The highest BCUT2D eigenvalue weighted by Gasteiger charge is 2.51. The molecule has 64 valence electrons. The lowest BCUT2D eigenvalue weighted by atomic mass is 9.90. The molecule has 1 rings (SSSR count). The van der Waals surface area contributed by atoms with Crippen LogP contribution in [0.1, 0.15) is 27.7 Å². The number of nitrogens with one attached hydrogen (secondary N) is 1. The molecule has 4 nitrogen and oxygen atoms in total. The van der Waals surface area contributed by atoms with Crippen molar-refractivity contribution in [3.63, 3.8) is 0 Å². The molecule has 5 heteroatoms. The summed E-state index contributed by atoms with van der Waals surface area (Å²) in [6.07, 6.45) is 0. The average molecular weight is 158 g/mol. The molecule has 0 aromatic carbocycles. The van der Waals surface area contributed by atoms with Crippen molar-refractivity contribution in [1.82, 2.24) is 5.34 Å². The summed E-state index contributed by atoms with van der Waals surface area (Å²) in [6, 6.07) is 0. The van der Waals surface area contributed by atoms with E-state index < -0.39 is 7.25 Å². The van der Waals surface area contributed by atoms with Crippen molar-refractivity contribution in [2.45, 2.75) is 38.9 Å². The fraction of sp³-hybridized carbons (Fsp3) is 1.00. The topological polar surface area (TPSA) is 56.5 Å². The second-order valence-corrected chi connectivity index (χ2v) is 3.75. The van der Waals surface area contributed by atoms with Crippen LogP contribution in [0.3, 0.4) is 0 Å². The van der Waals surface area contributed by atoms with Gasteiger partial charge in [0.2, 0.25) is 0 Å². The van der Waals surface area contributed by atoms with Crippen LogP contribution in [0.4, 0.5) is 0 Å². The van der Waals surface area contributed by atoms with Gasteiger partial charge in [0, 0.05) is 0 Å². The summed E-state index contributed by atoms with van der Waals surface area (Å²) in [6.45, 7) is 7.91. The van der Waals surface area contributed by atoms with Crippen molar-refractivity contribution >= 4 is 7.25 Å². The summed E-state index contributed by atoms with van der Waals surface area (Å²) in [5, 5.41) is 2.43. The maximum absolute atomic E-state index is 5.45. The third-order valence-corrected chi connectivity index (χ3v) is 2.39. The maximum atomic E-state index is 5.45. The van der Waals surface area contributed by atoms with Crippen molar-refractivity contribution in [2.75, 3.05) is 0 Å². The van der Waals surface area contributed by atoms with Crippen molar-refractivity contribution in [1.29, 1.82) is 0 Å². The molecule has 0 unspecified atom stereocenters. The number of rotatable bonds is 1. The molecule has 1 saturated heterocycles. The second-order valence-electron chi connectivity index (χ2n) is 3.75. The highest BCUT2D eigenvalue weighted by molar-refractivity contribution is 6.42. The quantitative estimate of drug-likeness (QED) is 0.321. The van der Waals surface area contributed by atoms with Crippen molar-refractivity contribution in [2.24, 2.45) is 5.84 Å². The number of hydrogen-bond acceptors (Lipinski definition) is 4. The van der Waals surface area contributed by atoms with Crippen LogP contribution in [0.5, 0.6) is 0 Å². The Balaban J connectivity index is 2.72. The van der Waals surface area contributed by atoms with Gasteiger partial charge >= 0.3 is 7.25 Å². The van der Waals surface area contributed by atoms with E-state index in [9.17, 15) is 0 Å². The zero-order valence-electron chi connectivity index (χ0n) is 7.47. The van der Waals surface area contributed by atoms with Gasteiger partial charge in [-0.05, 0) is 27.7 Å². The largest absolute Gasteiger partial charge is 0.569 e. The third-order valence-electron chi connectivity index (χ3n) is 2.39. The fourth-order valence-corrected chi connectivity index (χ4v) is 0.911. The zero-order valence-corrected chi connectivity index (χ0v) is 7.47. The minimum absolute atomic E-state index is 0.302. The van der Waals surface area contributed by atoms with Gasteiger partial charge in [-0.3, -0.25) is 5.84 Å². The van der Waals surface area contributed by atoms with E-state index >= 15 is 0 Å². The van der Waals surface area contributed by atoms with Gasteiger partial charge in [-0.15, -0.1) is 0 Å².